The lowest BCUT2D eigenvalue weighted by molar-refractivity contribution is 0.0911. The summed E-state index contributed by atoms with van der Waals surface area (Å²) in [5.41, 5.74) is 0.924. The number of hydrogen-bond acceptors (Lipinski definition) is 4. The van der Waals surface area contributed by atoms with E-state index in [-0.39, 0.29) is 18.3 Å². The Morgan fingerprint density at radius 1 is 1.12 bits per heavy atom. The van der Waals surface area contributed by atoms with Crippen LogP contribution in [0.1, 0.15) is 29.8 Å². The monoisotopic (exact) mass is 344 g/mol. The topological polar surface area (TPSA) is 50.8 Å². The number of carbonyl (C=O) groups excluding carboxylic acids is 1. The molecule has 2 aromatic carbocycles. The number of rotatable bonds is 4. The highest BCUT2D eigenvalue weighted by Crippen LogP contribution is 2.35. The molecule has 0 aliphatic carbocycles. The summed E-state index contributed by atoms with van der Waals surface area (Å²) in [5.74, 6) is 0.568. The molecule has 0 unspecified atom stereocenters. The molecule has 0 saturated heterocycles. The molecule has 0 radical (unpaired) electrons. The van der Waals surface area contributed by atoms with Crippen LogP contribution in [-0.4, -0.2) is 26.8 Å². The highest BCUT2D eigenvalue weighted by molar-refractivity contribution is 5.95. The van der Waals surface area contributed by atoms with Crippen molar-refractivity contribution in [1.29, 1.82) is 0 Å². The summed E-state index contributed by atoms with van der Waals surface area (Å²) in [4.78, 5) is 14.2. The predicted octanol–water partition coefficient (Wildman–Crippen LogP) is 3.29. The Labute approximate surface area is 146 Å². The fourth-order valence-electron chi connectivity index (χ4n) is 2.72. The van der Waals surface area contributed by atoms with E-state index in [1.807, 2.05) is 32.0 Å². The van der Waals surface area contributed by atoms with Gasteiger partial charge in [0, 0.05) is 19.7 Å². The molecule has 1 heterocycles. The van der Waals surface area contributed by atoms with E-state index in [0.717, 1.165) is 5.56 Å². The minimum absolute atomic E-state index is 0.197. The molecule has 2 aromatic rings. The second-order valence-electron chi connectivity index (χ2n) is 6.71. The van der Waals surface area contributed by atoms with Crippen molar-refractivity contribution < 1.29 is 18.7 Å². The van der Waals surface area contributed by atoms with E-state index in [1.54, 1.807) is 31.1 Å². The third-order valence-corrected chi connectivity index (χ3v) is 4.21. The molecule has 0 fully saturated rings. The van der Waals surface area contributed by atoms with Crippen molar-refractivity contribution in [2.45, 2.75) is 19.4 Å². The number of amides is 1. The standard InChI is InChI=1S/C19H21FN2O3/c1-19(2,13-6-8-16-17(10-13)25-11-24-16)21-18(23)12-5-7-15(22(3)4)14(20)9-12/h5-10H,11H2,1-4H3,(H,21,23). The Morgan fingerprint density at radius 3 is 2.52 bits per heavy atom. The van der Waals surface area contributed by atoms with Gasteiger partial charge in [0.2, 0.25) is 6.79 Å². The highest BCUT2D eigenvalue weighted by Gasteiger charge is 2.26. The highest BCUT2D eigenvalue weighted by atomic mass is 19.1. The van der Waals surface area contributed by atoms with Gasteiger partial charge in [-0.05, 0) is 49.7 Å². The summed E-state index contributed by atoms with van der Waals surface area (Å²) < 4.78 is 24.8. The zero-order valence-corrected chi connectivity index (χ0v) is 14.7. The number of nitrogens with zero attached hydrogens (tertiary/aromatic N) is 1. The molecule has 1 amide bonds. The Bertz CT molecular complexity index is 818. The molecule has 25 heavy (non-hydrogen) atoms. The Kier molecular flexibility index (Phi) is 4.29. The Balaban J connectivity index is 1.80. The second-order valence-corrected chi connectivity index (χ2v) is 6.71. The van der Waals surface area contributed by atoms with E-state index in [1.165, 1.54) is 6.07 Å². The van der Waals surface area contributed by atoms with E-state index in [9.17, 15) is 9.18 Å². The minimum atomic E-state index is -0.658. The molecule has 132 valence electrons. The van der Waals surface area contributed by atoms with Crippen LogP contribution >= 0.6 is 0 Å². The summed E-state index contributed by atoms with van der Waals surface area (Å²) in [7, 11) is 3.50. The molecule has 0 atom stereocenters. The van der Waals surface area contributed by atoms with Gasteiger partial charge >= 0.3 is 0 Å². The van der Waals surface area contributed by atoms with E-state index in [2.05, 4.69) is 5.32 Å². The average Bonchev–Trinajstić information content (AvgIpc) is 3.01. The van der Waals surface area contributed by atoms with Crippen molar-refractivity contribution in [1.82, 2.24) is 5.32 Å². The van der Waals surface area contributed by atoms with Gasteiger partial charge in [0.1, 0.15) is 5.82 Å². The SMILES string of the molecule is CN(C)c1ccc(C(=O)NC(C)(C)c2ccc3c(c2)OCO3)cc1F. The first kappa shape index (κ1) is 17.1. The van der Waals surface area contributed by atoms with Crippen LogP contribution in [0.15, 0.2) is 36.4 Å². The number of hydrogen-bond donors (Lipinski definition) is 1. The molecule has 0 bridgehead atoms. The van der Waals surface area contributed by atoms with Crippen LogP contribution in [0.5, 0.6) is 11.5 Å². The van der Waals surface area contributed by atoms with Crippen LogP contribution in [0.2, 0.25) is 0 Å². The smallest absolute Gasteiger partial charge is 0.252 e. The number of nitrogens with one attached hydrogen (secondary N) is 1. The molecule has 0 spiro atoms. The molecule has 3 rings (SSSR count). The molecule has 1 N–H and O–H groups in total. The Morgan fingerprint density at radius 2 is 1.84 bits per heavy atom. The normalized spacial score (nSPS) is 12.8. The molecule has 1 aliphatic heterocycles. The first-order valence-corrected chi connectivity index (χ1v) is 7.97. The molecule has 6 heteroatoms. The molecule has 5 nitrogen and oxygen atoms in total. The largest absolute Gasteiger partial charge is 0.454 e. The minimum Gasteiger partial charge on any atom is -0.454 e. The summed E-state index contributed by atoms with van der Waals surface area (Å²) >= 11 is 0. The first-order chi connectivity index (χ1) is 11.8. The van der Waals surface area contributed by atoms with Crippen molar-refractivity contribution in [2.75, 3.05) is 25.8 Å². The van der Waals surface area contributed by atoms with Crippen LogP contribution in [0.3, 0.4) is 0 Å². The predicted molar refractivity (Wildman–Crippen MR) is 93.8 cm³/mol. The Hall–Kier alpha value is -2.76. The number of halogens is 1. The maximum absolute atomic E-state index is 14.1. The van der Waals surface area contributed by atoms with E-state index < -0.39 is 11.4 Å². The third kappa shape index (κ3) is 3.38. The lowest BCUT2D eigenvalue weighted by Gasteiger charge is -2.27. The van der Waals surface area contributed by atoms with E-state index in [4.69, 9.17) is 9.47 Å². The number of ether oxygens (including phenoxy) is 2. The van der Waals surface area contributed by atoms with Crippen molar-refractivity contribution in [3.05, 3.63) is 53.3 Å². The van der Waals surface area contributed by atoms with Crippen LogP contribution < -0.4 is 19.7 Å². The van der Waals surface area contributed by atoms with Crippen LogP contribution in [0.4, 0.5) is 10.1 Å². The first-order valence-electron chi connectivity index (χ1n) is 7.97. The number of anilines is 1. The zero-order valence-electron chi connectivity index (χ0n) is 14.7. The van der Waals surface area contributed by atoms with Gasteiger partial charge in [0.05, 0.1) is 11.2 Å². The van der Waals surface area contributed by atoms with Crippen LogP contribution in [-0.2, 0) is 5.54 Å². The fourth-order valence-corrected chi connectivity index (χ4v) is 2.72. The maximum atomic E-state index is 14.1. The van der Waals surface area contributed by atoms with Gasteiger partial charge in [-0.2, -0.15) is 0 Å². The van der Waals surface area contributed by atoms with Crippen molar-refractivity contribution >= 4 is 11.6 Å². The molecular weight excluding hydrogens is 323 g/mol. The summed E-state index contributed by atoms with van der Waals surface area (Å²) in [5, 5.41) is 2.94. The fraction of sp³-hybridized carbons (Fsp3) is 0.316. The van der Waals surface area contributed by atoms with Crippen molar-refractivity contribution in [3.8, 4) is 11.5 Å². The van der Waals surface area contributed by atoms with Gasteiger partial charge < -0.3 is 19.7 Å². The maximum Gasteiger partial charge on any atom is 0.252 e. The molecule has 1 aliphatic rings. The summed E-state index contributed by atoms with van der Waals surface area (Å²) in [6.07, 6.45) is 0. The molecule has 0 saturated carbocycles. The average molecular weight is 344 g/mol. The van der Waals surface area contributed by atoms with Gasteiger partial charge in [-0.15, -0.1) is 0 Å². The lowest BCUT2D eigenvalue weighted by atomic mass is 9.93. The van der Waals surface area contributed by atoms with E-state index in [0.29, 0.717) is 17.2 Å². The van der Waals surface area contributed by atoms with Gasteiger partial charge in [-0.3, -0.25) is 4.79 Å². The number of benzene rings is 2. The molecular formula is C19H21FN2O3. The van der Waals surface area contributed by atoms with Gasteiger partial charge in [-0.25, -0.2) is 4.39 Å². The lowest BCUT2D eigenvalue weighted by Crippen LogP contribution is -2.41. The quantitative estimate of drug-likeness (QED) is 0.925. The van der Waals surface area contributed by atoms with Crippen molar-refractivity contribution in [3.63, 3.8) is 0 Å². The van der Waals surface area contributed by atoms with Gasteiger partial charge in [-0.1, -0.05) is 6.07 Å². The van der Waals surface area contributed by atoms with Gasteiger partial charge in [0.15, 0.2) is 11.5 Å². The van der Waals surface area contributed by atoms with E-state index >= 15 is 0 Å². The van der Waals surface area contributed by atoms with Crippen molar-refractivity contribution in [2.24, 2.45) is 0 Å². The summed E-state index contributed by atoms with van der Waals surface area (Å²) in [6.45, 7) is 3.96. The zero-order chi connectivity index (χ0) is 18.2. The number of carbonyl (C=O) groups is 1. The summed E-state index contributed by atoms with van der Waals surface area (Å²) in [6, 6.07) is 10.0. The molecule has 0 aromatic heterocycles. The second kappa shape index (κ2) is 6.27. The van der Waals surface area contributed by atoms with Crippen LogP contribution in [0, 0.1) is 5.82 Å². The van der Waals surface area contributed by atoms with Gasteiger partial charge in [0.25, 0.3) is 5.91 Å². The van der Waals surface area contributed by atoms with Crippen LogP contribution in [0.25, 0.3) is 0 Å². The number of fused-ring (bicyclic) bond motifs is 1. The third-order valence-electron chi connectivity index (χ3n) is 4.21.